The van der Waals surface area contributed by atoms with Crippen molar-refractivity contribution in [3.63, 3.8) is 0 Å². The van der Waals surface area contributed by atoms with Gasteiger partial charge in [0.1, 0.15) is 0 Å². The number of nitrogens with one attached hydrogen (secondary N) is 1. The second kappa shape index (κ2) is 5.77. The van der Waals surface area contributed by atoms with Gasteiger partial charge in [0.15, 0.2) is 11.5 Å². The van der Waals surface area contributed by atoms with Gasteiger partial charge in [-0.1, -0.05) is 24.3 Å². The fourth-order valence-electron chi connectivity index (χ4n) is 2.67. The summed E-state index contributed by atoms with van der Waals surface area (Å²) < 4.78 is 0. The third-order valence-corrected chi connectivity index (χ3v) is 3.89. The Morgan fingerprint density at radius 3 is 2.73 bits per heavy atom. The van der Waals surface area contributed by atoms with Crippen molar-refractivity contribution in [1.29, 1.82) is 0 Å². The lowest BCUT2D eigenvalue weighted by Gasteiger charge is -2.12. The summed E-state index contributed by atoms with van der Waals surface area (Å²) in [5.41, 5.74) is 11.3. The predicted octanol–water partition coefficient (Wildman–Crippen LogP) is 2.62. The van der Waals surface area contributed by atoms with Crippen molar-refractivity contribution < 1.29 is 0 Å². The van der Waals surface area contributed by atoms with Crippen molar-refractivity contribution in [2.45, 2.75) is 13.3 Å². The maximum Gasteiger partial charge on any atom is 0.158 e. The van der Waals surface area contributed by atoms with Crippen LogP contribution in [0.1, 0.15) is 11.1 Å². The number of hydrogen-bond acceptors (Lipinski definition) is 4. The molecular weight excluding hydrogens is 274 g/mol. The molecular formula is C17H21N5. The smallest absolute Gasteiger partial charge is 0.158 e. The van der Waals surface area contributed by atoms with Gasteiger partial charge in [0.25, 0.3) is 0 Å². The standard InChI is InChI=1S/C17H21N5/c1-11-6-4-5-7-13(11)14-10-12(8-9-22(2)3)15-16(18)20-21-17(15)19-14/h4-7,10H,8-9H2,1-3H3,(H3,18,19,20,21). The number of rotatable bonds is 4. The van der Waals surface area contributed by atoms with E-state index in [0.717, 1.165) is 35.3 Å². The molecule has 0 fully saturated rings. The molecule has 2 heterocycles. The van der Waals surface area contributed by atoms with E-state index in [9.17, 15) is 0 Å². The van der Waals surface area contributed by atoms with Crippen LogP contribution in [0.15, 0.2) is 30.3 Å². The highest BCUT2D eigenvalue weighted by molar-refractivity contribution is 5.91. The molecule has 3 aromatic rings. The van der Waals surface area contributed by atoms with E-state index < -0.39 is 0 Å². The lowest BCUT2D eigenvalue weighted by Crippen LogP contribution is -2.15. The second-order valence-corrected chi connectivity index (χ2v) is 5.87. The maximum atomic E-state index is 6.01. The Kier molecular flexibility index (Phi) is 3.81. The summed E-state index contributed by atoms with van der Waals surface area (Å²) in [4.78, 5) is 6.87. The summed E-state index contributed by atoms with van der Waals surface area (Å²) in [6.07, 6.45) is 0.911. The van der Waals surface area contributed by atoms with Gasteiger partial charge in [0, 0.05) is 12.1 Å². The van der Waals surface area contributed by atoms with E-state index >= 15 is 0 Å². The number of anilines is 1. The van der Waals surface area contributed by atoms with E-state index in [1.807, 2.05) is 12.1 Å². The van der Waals surface area contributed by atoms with Crippen LogP contribution in [-0.2, 0) is 6.42 Å². The van der Waals surface area contributed by atoms with Gasteiger partial charge in [0.2, 0.25) is 0 Å². The van der Waals surface area contributed by atoms with Crippen LogP contribution in [0, 0.1) is 6.92 Å². The minimum atomic E-state index is 0.521. The fraction of sp³-hybridized carbons (Fsp3) is 0.294. The Balaban J connectivity index is 2.15. The molecule has 0 aliphatic rings. The normalized spacial score (nSPS) is 11.5. The molecule has 22 heavy (non-hydrogen) atoms. The first-order chi connectivity index (χ1) is 10.6. The quantitative estimate of drug-likeness (QED) is 0.776. The Morgan fingerprint density at radius 2 is 2.00 bits per heavy atom. The number of likely N-dealkylation sites (N-methyl/N-ethyl adjacent to an activating group) is 1. The molecule has 5 nitrogen and oxygen atoms in total. The van der Waals surface area contributed by atoms with E-state index in [1.165, 1.54) is 11.1 Å². The largest absolute Gasteiger partial charge is 0.382 e. The zero-order chi connectivity index (χ0) is 15.7. The van der Waals surface area contributed by atoms with E-state index in [2.05, 4.69) is 54.3 Å². The van der Waals surface area contributed by atoms with Crippen LogP contribution in [0.2, 0.25) is 0 Å². The Bertz CT molecular complexity index is 804. The van der Waals surface area contributed by atoms with Gasteiger partial charge >= 0.3 is 0 Å². The first kappa shape index (κ1) is 14.5. The third-order valence-electron chi connectivity index (χ3n) is 3.89. The lowest BCUT2D eigenvalue weighted by atomic mass is 10.0. The topological polar surface area (TPSA) is 70.8 Å². The molecule has 3 rings (SSSR count). The van der Waals surface area contributed by atoms with Gasteiger partial charge in [-0.2, -0.15) is 5.10 Å². The summed E-state index contributed by atoms with van der Waals surface area (Å²) in [6, 6.07) is 10.4. The monoisotopic (exact) mass is 295 g/mol. The van der Waals surface area contributed by atoms with Gasteiger partial charge in [-0.15, -0.1) is 0 Å². The number of aryl methyl sites for hydroxylation is 1. The first-order valence-electron chi connectivity index (χ1n) is 7.40. The molecule has 114 valence electrons. The van der Waals surface area contributed by atoms with E-state index in [-0.39, 0.29) is 0 Å². The number of H-pyrrole nitrogens is 1. The Labute approximate surface area is 130 Å². The van der Waals surface area contributed by atoms with Crippen LogP contribution in [0.25, 0.3) is 22.3 Å². The number of nitrogens with zero attached hydrogens (tertiary/aromatic N) is 3. The van der Waals surface area contributed by atoms with Crippen LogP contribution < -0.4 is 5.73 Å². The van der Waals surface area contributed by atoms with Gasteiger partial charge in [0.05, 0.1) is 11.1 Å². The fourth-order valence-corrected chi connectivity index (χ4v) is 2.67. The van der Waals surface area contributed by atoms with Gasteiger partial charge in [-0.3, -0.25) is 5.10 Å². The first-order valence-corrected chi connectivity index (χ1v) is 7.40. The lowest BCUT2D eigenvalue weighted by molar-refractivity contribution is 0.414. The summed E-state index contributed by atoms with van der Waals surface area (Å²) in [6.45, 7) is 3.05. The SMILES string of the molecule is Cc1ccccc1-c1cc(CCN(C)C)c2c(N)n[nH]c2n1. The van der Waals surface area contributed by atoms with E-state index in [4.69, 9.17) is 10.7 Å². The van der Waals surface area contributed by atoms with Crippen molar-refractivity contribution in [2.75, 3.05) is 26.4 Å². The number of hydrogen-bond donors (Lipinski definition) is 2. The van der Waals surface area contributed by atoms with Crippen LogP contribution in [0.4, 0.5) is 5.82 Å². The summed E-state index contributed by atoms with van der Waals surface area (Å²) >= 11 is 0. The van der Waals surface area contributed by atoms with Crippen molar-refractivity contribution in [3.05, 3.63) is 41.5 Å². The van der Waals surface area contributed by atoms with Gasteiger partial charge in [-0.25, -0.2) is 4.98 Å². The number of nitrogen functional groups attached to an aromatic ring is 1. The second-order valence-electron chi connectivity index (χ2n) is 5.87. The number of nitrogens with two attached hydrogens (primary N) is 1. The number of benzene rings is 1. The molecule has 3 N–H and O–H groups in total. The Hall–Kier alpha value is -2.40. The molecule has 0 bridgehead atoms. The average Bonchev–Trinajstić information content (AvgIpc) is 2.87. The van der Waals surface area contributed by atoms with Crippen molar-refractivity contribution in [1.82, 2.24) is 20.1 Å². The molecule has 0 saturated heterocycles. The molecule has 0 amide bonds. The van der Waals surface area contributed by atoms with Gasteiger partial charge in [-0.05, 0) is 44.6 Å². The third kappa shape index (κ3) is 2.67. The van der Waals surface area contributed by atoms with Crippen LogP contribution in [0.5, 0.6) is 0 Å². The number of aromatic amines is 1. The molecule has 0 aliphatic carbocycles. The molecule has 0 unspecified atom stereocenters. The molecule has 0 aliphatic heterocycles. The molecule has 2 aromatic heterocycles. The highest BCUT2D eigenvalue weighted by Crippen LogP contribution is 2.28. The minimum Gasteiger partial charge on any atom is -0.382 e. The van der Waals surface area contributed by atoms with Gasteiger partial charge < -0.3 is 10.6 Å². The summed E-state index contributed by atoms with van der Waals surface area (Å²) in [5.74, 6) is 0.521. The zero-order valence-electron chi connectivity index (χ0n) is 13.2. The summed E-state index contributed by atoms with van der Waals surface area (Å²) in [7, 11) is 4.14. The predicted molar refractivity (Wildman–Crippen MR) is 90.7 cm³/mol. The molecule has 5 heteroatoms. The van der Waals surface area contributed by atoms with Crippen molar-refractivity contribution in [2.24, 2.45) is 0 Å². The van der Waals surface area contributed by atoms with Crippen LogP contribution in [-0.4, -0.2) is 40.7 Å². The highest BCUT2D eigenvalue weighted by Gasteiger charge is 2.13. The molecule has 0 spiro atoms. The van der Waals surface area contributed by atoms with E-state index in [1.54, 1.807) is 0 Å². The highest BCUT2D eigenvalue weighted by atomic mass is 15.2. The van der Waals surface area contributed by atoms with E-state index in [0.29, 0.717) is 5.82 Å². The number of aromatic nitrogens is 3. The zero-order valence-corrected chi connectivity index (χ0v) is 13.2. The Morgan fingerprint density at radius 1 is 1.23 bits per heavy atom. The minimum absolute atomic E-state index is 0.521. The maximum absolute atomic E-state index is 6.01. The molecule has 0 atom stereocenters. The summed E-state index contributed by atoms with van der Waals surface area (Å²) in [5, 5.41) is 8.01. The number of pyridine rings is 1. The van der Waals surface area contributed by atoms with Crippen molar-refractivity contribution in [3.8, 4) is 11.3 Å². The molecule has 1 aromatic carbocycles. The van der Waals surface area contributed by atoms with Crippen LogP contribution in [0.3, 0.4) is 0 Å². The molecule has 0 radical (unpaired) electrons. The molecule has 0 saturated carbocycles. The average molecular weight is 295 g/mol. The van der Waals surface area contributed by atoms with Crippen LogP contribution >= 0.6 is 0 Å². The number of fused-ring (bicyclic) bond motifs is 1. The van der Waals surface area contributed by atoms with Crippen molar-refractivity contribution >= 4 is 16.9 Å².